The molecule has 2 rings (SSSR count). The van der Waals surface area contributed by atoms with Crippen LogP contribution in [0.5, 0.6) is 0 Å². The molecule has 4 nitrogen and oxygen atoms in total. The number of hydrogen-bond acceptors (Lipinski definition) is 3. The van der Waals surface area contributed by atoms with Gasteiger partial charge in [-0.1, -0.05) is 31.5 Å². The van der Waals surface area contributed by atoms with E-state index in [-0.39, 0.29) is 24.4 Å². The molecule has 0 aliphatic carbocycles. The molecule has 0 bridgehead atoms. The maximum absolute atomic E-state index is 12.2. The van der Waals surface area contributed by atoms with Gasteiger partial charge >= 0.3 is 0 Å². The number of carbonyl (C=O) groups excluding carboxylic acids is 1. The van der Waals surface area contributed by atoms with E-state index in [1.807, 2.05) is 44.2 Å². The minimum absolute atomic E-state index is 0. The summed E-state index contributed by atoms with van der Waals surface area (Å²) in [5.74, 6) is 0.596. The molecule has 0 saturated carbocycles. The van der Waals surface area contributed by atoms with Crippen LogP contribution >= 0.6 is 12.4 Å². The van der Waals surface area contributed by atoms with Crippen LogP contribution in [0, 0.1) is 0 Å². The lowest BCUT2D eigenvalue weighted by molar-refractivity contribution is -0.126. The van der Waals surface area contributed by atoms with Gasteiger partial charge in [0.15, 0.2) is 0 Å². The third kappa shape index (κ3) is 3.99. The molecule has 0 saturated heterocycles. The molecule has 0 aliphatic heterocycles. The van der Waals surface area contributed by atoms with Gasteiger partial charge in [-0.2, -0.15) is 0 Å². The number of nitrogens with one attached hydrogen (secondary N) is 1. The number of halogens is 1. The van der Waals surface area contributed by atoms with Crippen LogP contribution in [0.1, 0.15) is 45.4 Å². The summed E-state index contributed by atoms with van der Waals surface area (Å²) in [6, 6.07) is 9.54. The summed E-state index contributed by atoms with van der Waals surface area (Å²) >= 11 is 0. The Balaban J connectivity index is 0.00000220. The van der Waals surface area contributed by atoms with Crippen molar-refractivity contribution >= 4 is 29.3 Å². The Morgan fingerprint density at radius 2 is 2.10 bits per heavy atom. The molecule has 0 aliphatic rings. The van der Waals surface area contributed by atoms with Gasteiger partial charge in [-0.3, -0.25) is 4.79 Å². The number of nitrogens with two attached hydrogens (primary N) is 1. The van der Waals surface area contributed by atoms with Gasteiger partial charge in [-0.15, -0.1) is 12.4 Å². The van der Waals surface area contributed by atoms with E-state index in [1.54, 1.807) is 6.92 Å². The molecule has 21 heavy (non-hydrogen) atoms. The SMILES string of the molecule is CCCC(C)(N)C(=O)NC(C)c1cc2ccccc2o1.Cl. The summed E-state index contributed by atoms with van der Waals surface area (Å²) in [7, 11) is 0. The van der Waals surface area contributed by atoms with Crippen molar-refractivity contribution in [3.8, 4) is 0 Å². The molecule has 1 aromatic heterocycles. The summed E-state index contributed by atoms with van der Waals surface area (Å²) in [5.41, 5.74) is 6.02. The third-order valence-electron chi connectivity index (χ3n) is 3.51. The number of benzene rings is 1. The van der Waals surface area contributed by atoms with E-state index in [0.29, 0.717) is 6.42 Å². The fourth-order valence-corrected chi connectivity index (χ4v) is 2.28. The lowest BCUT2D eigenvalue weighted by Gasteiger charge is -2.24. The summed E-state index contributed by atoms with van der Waals surface area (Å²) in [5, 5.41) is 3.96. The van der Waals surface area contributed by atoms with Crippen LogP contribution in [0.15, 0.2) is 34.7 Å². The van der Waals surface area contributed by atoms with Crippen molar-refractivity contribution in [3.05, 3.63) is 36.1 Å². The summed E-state index contributed by atoms with van der Waals surface area (Å²) < 4.78 is 5.75. The number of hydrogen-bond donors (Lipinski definition) is 2. The number of carbonyl (C=O) groups is 1. The molecular weight excluding hydrogens is 288 g/mol. The van der Waals surface area contributed by atoms with Crippen LogP contribution in [0.25, 0.3) is 11.0 Å². The van der Waals surface area contributed by atoms with Gasteiger partial charge in [-0.05, 0) is 32.4 Å². The van der Waals surface area contributed by atoms with Crippen molar-refractivity contribution < 1.29 is 9.21 Å². The van der Waals surface area contributed by atoms with Crippen molar-refractivity contribution in [2.24, 2.45) is 5.73 Å². The van der Waals surface area contributed by atoms with Gasteiger partial charge in [0.1, 0.15) is 11.3 Å². The van der Waals surface area contributed by atoms with Crippen molar-refractivity contribution in [1.82, 2.24) is 5.32 Å². The maximum atomic E-state index is 12.2. The predicted octanol–water partition coefficient (Wildman–Crippen LogP) is 3.55. The highest BCUT2D eigenvalue weighted by Crippen LogP contribution is 2.24. The van der Waals surface area contributed by atoms with Crippen molar-refractivity contribution in [2.75, 3.05) is 0 Å². The first kappa shape index (κ1) is 17.5. The standard InChI is InChI=1S/C16H22N2O2.ClH/c1-4-9-16(3,17)15(19)18-11(2)14-10-12-7-5-6-8-13(12)20-14;/h5-8,10-11H,4,9,17H2,1-3H3,(H,18,19);1H. The van der Waals surface area contributed by atoms with Gasteiger partial charge in [0.25, 0.3) is 0 Å². The second-order valence-corrected chi connectivity index (χ2v) is 5.55. The van der Waals surface area contributed by atoms with Crippen LogP contribution in [0.2, 0.25) is 0 Å². The van der Waals surface area contributed by atoms with Gasteiger partial charge < -0.3 is 15.5 Å². The van der Waals surface area contributed by atoms with Gasteiger partial charge in [0.2, 0.25) is 5.91 Å². The number of furan rings is 1. The average molecular weight is 311 g/mol. The third-order valence-corrected chi connectivity index (χ3v) is 3.51. The topological polar surface area (TPSA) is 68.3 Å². The summed E-state index contributed by atoms with van der Waals surface area (Å²) in [6.07, 6.45) is 1.53. The molecule has 2 unspecified atom stereocenters. The first-order chi connectivity index (χ1) is 9.44. The number of amides is 1. The Bertz CT molecular complexity index is 574. The average Bonchev–Trinajstić information content (AvgIpc) is 2.82. The van der Waals surface area contributed by atoms with Crippen LogP contribution in [-0.4, -0.2) is 11.4 Å². The largest absolute Gasteiger partial charge is 0.459 e. The van der Waals surface area contributed by atoms with E-state index in [2.05, 4.69) is 5.32 Å². The molecule has 116 valence electrons. The Kier molecular flexibility index (Phi) is 5.81. The molecule has 1 aromatic carbocycles. The molecule has 0 radical (unpaired) electrons. The van der Waals surface area contributed by atoms with Crippen LogP contribution in [0.3, 0.4) is 0 Å². The second kappa shape index (κ2) is 6.96. The highest BCUT2D eigenvalue weighted by Gasteiger charge is 2.28. The fraction of sp³-hybridized carbons (Fsp3) is 0.438. The number of para-hydroxylation sites is 1. The molecule has 5 heteroatoms. The quantitative estimate of drug-likeness (QED) is 0.887. The van der Waals surface area contributed by atoms with E-state index < -0.39 is 5.54 Å². The zero-order valence-corrected chi connectivity index (χ0v) is 13.5. The lowest BCUT2D eigenvalue weighted by Crippen LogP contribution is -2.51. The molecule has 2 atom stereocenters. The van der Waals surface area contributed by atoms with Crippen molar-refractivity contribution in [2.45, 2.75) is 45.2 Å². The van der Waals surface area contributed by atoms with Crippen molar-refractivity contribution in [1.29, 1.82) is 0 Å². The van der Waals surface area contributed by atoms with Crippen LogP contribution in [-0.2, 0) is 4.79 Å². The molecule has 3 N–H and O–H groups in total. The second-order valence-electron chi connectivity index (χ2n) is 5.55. The van der Waals surface area contributed by atoms with E-state index in [9.17, 15) is 4.79 Å². The zero-order chi connectivity index (χ0) is 14.8. The van der Waals surface area contributed by atoms with Crippen LogP contribution < -0.4 is 11.1 Å². The first-order valence-corrected chi connectivity index (χ1v) is 7.02. The lowest BCUT2D eigenvalue weighted by atomic mass is 9.96. The van der Waals surface area contributed by atoms with Gasteiger partial charge in [-0.25, -0.2) is 0 Å². The predicted molar refractivity (Wildman–Crippen MR) is 87.5 cm³/mol. The highest BCUT2D eigenvalue weighted by molar-refractivity contribution is 5.86. The summed E-state index contributed by atoms with van der Waals surface area (Å²) in [4.78, 5) is 12.2. The van der Waals surface area contributed by atoms with E-state index in [0.717, 1.165) is 23.2 Å². The minimum atomic E-state index is -0.838. The van der Waals surface area contributed by atoms with Gasteiger partial charge in [0.05, 0.1) is 11.6 Å². The Hall–Kier alpha value is -1.52. The molecule has 0 spiro atoms. The van der Waals surface area contributed by atoms with E-state index >= 15 is 0 Å². The monoisotopic (exact) mass is 310 g/mol. The maximum Gasteiger partial charge on any atom is 0.240 e. The smallest absolute Gasteiger partial charge is 0.240 e. The Morgan fingerprint density at radius 1 is 1.43 bits per heavy atom. The van der Waals surface area contributed by atoms with Gasteiger partial charge in [0, 0.05) is 5.39 Å². The number of fused-ring (bicyclic) bond motifs is 1. The summed E-state index contributed by atoms with van der Waals surface area (Å²) in [6.45, 7) is 5.68. The Morgan fingerprint density at radius 3 is 2.71 bits per heavy atom. The molecule has 1 amide bonds. The normalized spacial score (nSPS) is 15.0. The molecular formula is C16H23ClN2O2. The van der Waals surface area contributed by atoms with E-state index in [1.165, 1.54) is 0 Å². The van der Waals surface area contributed by atoms with E-state index in [4.69, 9.17) is 10.2 Å². The molecule has 1 heterocycles. The number of rotatable bonds is 5. The van der Waals surface area contributed by atoms with Crippen LogP contribution in [0.4, 0.5) is 0 Å². The molecule has 2 aromatic rings. The zero-order valence-electron chi connectivity index (χ0n) is 12.7. The van der Waals surface area contributed by atoms with Crippen molar-refractivity contribution in [3.63, 3.8) is 0 Å². The fourth-order valence-electron chi connectivity index (χ4n) is 2.28. The first-order valence-electron chi connectivity index (χ1n) is 7.02. The minimum Gasteiger partial charge on any atom is -0.459 e. The highest BCUT2D eigenvalue weighted by atomic mass is 35.5. The molecule has 0 fully saturated rings. The Labute approximate surface area is 131 Å².